The number of ketones is 1. The molecule has 0 bridgehead atoms. The van der Waals surface area contributed by atoms with E-state index in [4.69, 9.17) is 5.26 Å². The molecule has 2 aliphatic rings. The van der Waals surface area contributed by atoms with E-state index in [9.17, 15) is 18.0 Å². The van der Waals surface area contributed by atoms with Gasteiger partial charge in [-0.2, -0.15) is 18.4 Å². The molecule has 2 fully saturated rings. The molecular weight excluding hydrogens is 513 g/mol. The van der Waals surface area contributed by atoms with Crippen LogP contribution in [0.5, 0.6) is 0 Å². The molecule has 0 atom stereocenters. The fraction of sp³-hybridized carbons (Fsp3) is 0.562. The van der Waals surface area contributed by atoms with Crippen LogP contribution < -0.4 is 9.80 Å². The van der Waals surface area contributed by atoms with E-state index < -0.39 is 11.7 Å². The molecule has 0 N–H and O–H groups in total. The molecule has 2 aromatic rings. The standard InChI is InChI=1S/C32H41F3N4O/c1-31(2,3)26-7-10-27(11-8-26)39-19-17-37(18-20-39)14-4-5-29(40)21-24-12-15-38(16-13-24)28-9-6-25(23-36)30(22-28)32(33,34)35/h6-11,22,24H,4-5,12-21H2,1-3H3. The van der Waals surface area contributed by atoms with Crippen LogP contribution in [0.2, 0.25) is 0 Å². The number of nitrogens with zero attached hydrogens (tertiary/aromatic N) is 4. The number of Topliss-reactive ketones (excluding diaryl/α,β-unsaturated/α-hetero) is 1. The summed E-state index contributed by atoms with van der Waals surface area (Å²) in [4.78, 5) is 19.5. The van der Waals surface area contributed by atoms with Gasteiger partial charge in [-0.25, -0.2) is 0 Å². The van der Waals surface area contributed by atoms with Gasteiger partial charge in [0, 0.05) is 63.5 Å². The molecule has 4 rings (SSSR count). The lowest BCUT2D eigenvalue weighted by molar-refractivity contribution is -0.137. The number of alkyl halides is 3. The minimum Gasteiger partial charge on any atom is -0.372 e. The van der Waals surface area contributed by atoms with Crippen LogP contribution in [-0.2, 0) is 16.4 Å². The average Bonchev–Trinajstić information content (AvgIpc) is 2.92. The molecule has 0 aliphatic carbocycles. The van der Waals surface area contributed by atoms with Gasteiger partial charge in [0.15, 0.2) is 0 Å². The van der Waals surface area contributed by atoms with Gasteiger partial charge in [-0.3, -0.25) is 9.69 Å². The summed E-state index contributed by atoms with van der Waals surface area (Å²) >= 11 is 0. The Morgan fingerprint density at radius 1 is 0.900 bits per heavy atom. The molecule has 0 saturated carbocycles. The van der Waals surface area contributed by atoms with E-state index in [1.165, 1.54) is 17.3 Å². The van der Waals surface area contributed by atoms with E-state index in [-0.39, 0.29) is 22.7 Å². The maximum absolute atomic E-state index is 13.3. The topological polar surface area (TPSA) is 50.6 Å². The number of benzene rings is 2. The van der Waals surface area contributed by atoms with Gasteiger partial charge in [-0.05, 0) is 73.0 Å². The number of hydrogen-bond acceptors (Lipinski definition) is 5. The van der Waals surface area contributed by atoms with E-state index in [0.717, 1.165) is 58.1 Å². The minimum atomic E-state index is -4.56. The number of piperidine rings is 1. The number of nitriles is 1. The van der Waals surface area contributed by atoms with Crippen LogP contribution in [0, 0.1) is 17.2 Å². The van der Waals surface area contributed by atoms with E-state index in [2.05, 4.69) is 54.8 Å². The summed E-state index contributed by atoms with van der Waals surface area (Å²) in [5.74, 6) is 0.561. The number of carbonyl (C=O) groups excluding carboxylic acids is 1. The van der Waals surface area contributed by atoms with Gasteiger partial charge in [0.25, 0.3) is 0 Å². The number of halogens is 3. The molecule has 216 valence electrons. The second-order valence-electron chi connectivity index (χ2n) is 12.2. The molecule has 2 aromatic carbocycles. The molecule has 5 nitrogen and oxygen atoms in total. The van der Waals surface area contributed by atoms with Crippen molar-refractivity contribution in [1.29, 1.82) is 5.26 Å². The van der Waals surface area contributed by atoms with Crippen LogP contribution in [-0.4, -0.2) is 56.5 Å². The highest BCUT2D eigenvalue weighted by atomic mass is 19.4. The number of hydrogen-bond donors (Lipinski definition) is 0. The van der Waals surface area contributed by atoms with Crippen molar-refractivity contribution in [1.82, 2.24) is 4.90 Å². The Labute approximate surface area is 236 Å². The summed E-state index contributed by atoms with van der Waals surface area (Å²) < 4.78 is 40.0. The van der Waals surface area contributed by atoms with Gasteiger partial charge in [0.1, 0.15) is 5.78 Å². The minimum absolute atomic E-state index is 0.155. The molecule has 0 spiro atoms. The Morgan fingerprint density at radius 3 is 2.08 bits per heavy atom. The number of piperazine rings is 1. The van der Waals surface area contributed by atoms with Crippen molar-refractivity contribution in [3.63, 3.8) is 0 Å². The zero-order chi connectivity index (χ0) is 28.9. The highest BCUT2D eigenvalue weighted by Crippen LogP contribution is 2.35. The van der Waals surface area contributed by atoms with Crippen LogP contribution in [0.3, 0.4) is 0 Å². The maximum Gasteiger partial charge on any atom is 0.417 e. The zero-order valence-electron chi connectivity index (χ0n) is 23.9. The number of rotatable bonds is 8. The van der Waals surface area contributed by atoms with Crippen LogP contribution in [0.25, 0.3) is 0 Å². The lowest BCUT2D eigenvalue weighted by atomic mass is 9.87. The first-order valence-corrected chi connectivity index (χ1v) is 14.4. The Hall–Kier alpha value is -3.05. The first-order valence-electron chi connectivity index (χ1n) is 14.4. The Kier molecular flexibility index (Phi) is 9.45. The van der Waals surface area contributed by atoms with Crippen molar-refractivity contribution >= 4 is 17.2 Å². The van der Waals surface area contributed by atoms with Gasteiger partial charge < -0.3 is 9.80 Å². The molecule has 8 heteroatoms. The maximum atomic E-state index is 13.3. The first-order chi connectivity index (χ1) is 18.9. The molecule has 2 heterocycles. The van der Waals surface area contributed by atoms with E-state index >= 15 is 0 Å². The molecule has 2 aliphatic heterocycles. The lowest BCUT2D eigenvalue weighted by Crippen LogP contribution is -2.46. The van der Waals surface area contributed by atoms with Crippen LogP contribution in [0.15, 0.2) is 42.5 Å². The SMILES string of the molecule is CC(C)(C)c1ccc(N2CCN(CCCC(=O)CC3CCN(c4ccc(C#N)c(C(F)(F)F)c4)CC3)CC2)cc1. The van der Waals surface area contributed by atoms with Gasteiger partial charge in [0.2, 0.25) is 0 Å². The second kappa shape index (κ2) is 12.6. The highest BCUT2D eigenvalue weighted by Gasteiger charge is 2.34. The van der Waals surface area contributed by atoms with E-state index in [1.54, 1.807) is 12.1 Å². The van der Waals surface area contributed by atoms with Gasteiger partial charge >= 0.3 is 6.18 Å². The van der Waals surface area contributed by atoms with E-state index in [0.29, 0.717) is 31.6 Å². The summed E-state index contributed by atoms with van der Waals surface area (Å²) in [6.07, 6.45) is -0.995. The fourth-order valence-electron chi connectivity index (χ4n) is 5.78. The van der Waals surface area contributed by atoms with Crippen LogP contribution >= 0.6 is 0 Å². The van der Waals surface area contributed by atoms with Gasteiger partial charge in [0.05, 0.1) is 17.2 Å². The smallest absolute Gasteiger partial charge is 0.372 e. The van der Waals surface area contributed by atoms with Crippen LogP contribution in [0.4, 0.5) is 24.5 Å². The Morgan fingerprint density at radius 2 is 1.50 bits per heavy atom. The Bertz CT molecular complexity index is 1180. The molecule has 40 heavy (non-hydrogen) atoms. The van der Waals surface area contributed by atoms with Crippen molar-refractivity contribution in [2.45, 2.75) is 64.5 Å². The normalized spacial score (nSPS) is 17.6. The molecule has 0 amide bonds. The van der Waals surface area contributed by atoms with Crippen molar-refractivity contribution in [2.75, 3.05) is 55.6 Å². The number of anilines is 2. The van der Waals surface area contributed by atoms with Crippen molar-refractivity contribution in [3.05, 3.63) is 59.2 Å². The third-order valence-corrected chi connectivity index (χ3v) is 8.33. The predicted octanol–water partition coefficient (Wildman–Crippen LogP) is 6.65. The highest BCUT2D eigenvalue weighted by molar-refractivity contribution is 5.78. The second-order valence-corrected chi connectivity index (χ2v) is 12.2. The van der Waals surface area contributed by atoms with Gasteiger partial charge in [-0.15, -0.1) is 0 Å². The monoisotopic (exact) mass is 554 g/mol. The molecule has 2 saturated heterocycles. The zero-order valence-corrected chi connectivity index (χ0v) is 23.9. The van der Waals surface area contributed by atoms with Crippen LogP contribution in [0.1, 0.15) is 69.6 Å². The summed E-state index contributed by atoms with van der Waals surface area (Å²) in [6, 6.07) is 14.5. The summed E-state index contributed by atoms with van der Waals surface area (Å²) in [5.41, 5.74) is 2.01. The lowest BCUT2D eigenvalue weighted by Gasteiger charge is -2.36. The molecular formula is C32H41F3N4O. The van der Waals surface area contributed by atoms with E-state index in [1.807, 2.05) is 4.90 Å². The first kappa shape index (κ1) is 29.9. The largest absolute Gasteiger partial charge is 0.417 e. The van der Waals surface area contributed by atoms with Gasteiger partial charge in [-0.1, -0.05) is 32.9 Å². The molecule has 0 unspecified atom stereocenters. The van der Waals surface area contributed by atoms with Crippen molar-refractivity contribution < 1.29 is 18.0 Å². The average molecular weight is 555 g/mol. The number of carbonyl (C=O) groups is 1. The fourth-order valence-corrected chi connectivity index (χ4v) is 5.78. The quantitative estimate of drug-likeness (QED) is 0.366. The molecule has 0 aromatic heterocycles. The molecule has 0 radical (unpaired) electrons. The summed E-state index contributed by atoms with van der Waals surface area (Å²) in [7, 11) is 0. The van der Waals surface area contributed by atoms with Crippen molar-refractivity contribution in [3.8, 4) is 6.07 Å². The summed E-state index contributed by atoms with van der Waals surface area (Å²) in [5, 5.41) is 9.02. The predicted molar refractivity (Wildman–Crippen MR) is 154 cm³/mol. The third kappa shape index (κ3) is 7.78. The summed E-state index contributed by atoms with van der Waals surface area (Å²) in [6.45, 7) is 12.8. The Balaban J connectivity index is 1.15. The van der Waals surface area contributed by atoms with Crippen molar-refractivity contribution in [2.24, 2.45) is 5.92 Å². The third-order valence-electron chi connectivity index (χ3n) is 8.33.